The van der Waals surface area contributed by atoms with Gasteiger partial charge in [-0.05, 0) is 24.6 Å². The Morgan fingerprint density at radius 3 is 2.16 bits per heavy atom. The van der Waals surface area contributed by atoms with Crippen LogP contribution in [0.2, 0.25) is 0 Å². The van der Waals surface area contributed by atoms with Crippen LogP contribution in [0.25, 0.3) is 6.08 Å². The van der Waals surface area contributed by atoms with Gasteiger partial charge in [-0.2, -0.15) is 0 Å². The van der Waals surface area contributed by atoms with E-state index in [2.05, 4.69) is 5.32 Å². The minimum absolute atomic E-state index is 0.0781. The summed E-state index contributed by atoms with van der Waals surface area (Å²) in [5.74, 6) is 1.55. The van der Waals surface area contributed by atoms with Crippen LogP contribution >= 0.6 is 0 Å². The van der Waals surface area contributed by atoms with Crippen LogP contribution in [0.15, 0.2) is 48.5 Å². The maximum Gasteiger partial charge on any atom is 0.244 e. The van der Waals surface area contributed by atoms with Gasteiger partial charge >= 0.3 is 0 Å². The number of carbonyl (C=O) groups is 1. The molecule has 25 heavy (non-hydrogen) atoms. The molecule has 0 aromatic heterocycles. The van der Waals surface area contributed by atoms with Gasteiger partial charge in [0.2, 0.25) is 5.91 Å². The third-order valence-electron chi connectivity index (χ3n) is 3.81. The lowest BCUT2D eigenvalue weighted by molar-refractivity contribution is -0.117. The van der Waals surface area contributed by atoms with Gasteiger partial charge in [0.05, 0.1) is 27.4 Å². The zero-order valence-electron chi connectivity index (χ0n) is 14.9. The van der Waals surface area contributed by atoms with E-state index in [1.54, 1.807) is 39.5 Å². The highest BCUT2D eigenvalue weighted by molar-refractivity contribution is 5.92. The van der Waals surface area contributed by atoms with E-state index in [9.17, 15) is 4.79 Å². The quantitative estimate of drug-likeness (QED) is 0.782. The van der Waals surface area contributed by atoms with E-state index >= 15 is 0 Å². The first-order valence-electron chi connectivity index (χ1n) is 7.92. The first-order valence-corrected chi connectivity index (χ1v) is 7.92. The molecule has 1 atom stereocenters. The van der Waals surface area contributed by atoms with Crippen molar-refractivity contribution >= 4 is 12.0 Å². The molecular weight excluding hydrogens is 318 g/mol. The summed E-state index contributed by atoms with van der Waals surface area (Å²) >= 11 is 0. The van der Waals surface area contributed by atoms with Crippen molar-refractivity contribution in [3.63, 3.8) is 0 Å². The molecule has 2 rings (SSSR count). The number of nitrogens with one attached hydrogen (secondary N) is 1. The van der Waals surface area contributed by atoms with Crippen LogP contribution in [-0.2, 0) is 4.79 Å². The van der Waals surface area contributed by atoms with E-state index in [0.29, 0.717) is 17.2 Å². The fourth-order valence-electron chi connectivity index (χ4n) is 2.44. The van der Waals surface area contributed by atoms with E-state index in [1.807, 2.05) is 37.3 Å². The smallest absolute Gasteiger partial charge is 0.244 e. The van der Waals surface area contributed by atoms with Crippen LogP contribution in [0.1, 0.15) is 24.1 Å². The second-order valence-corrected chi connectivity index (χ2v) is 5.42. The average Bonchev–Trinajstić information content (AvgIpc) is 2.66. The molecule has 0 aliphatic carbocycles. The minimum atomic E-state index is -0.187. The first-order chi connectivity index (χ1) is 12.1. The molecule has 2 aromatic rings. The summed E-state index contributed by atoms with van der Waals surface area (Å²) in [7, 11) is 4.69. The molecule has 2 aromatic carbocycles. The van der Waals surface area contributed by atoms with Crippen molar-refractivity contribution in [2.75, 3.05) is 21.3 Å². The monoisotopic (exact) mass is 341 g/mol. The van der Waals surface area contributed by atoms with Crippen LogP contribution in [0.5, 0.6) is 17.2 Å². The Labute approximate surface area is 148 Å². The van der Waals surface area contributed by atoms with Crippen molar-refractivity contribution in [3.05, 3.63) is 59.7 Å². The van der Waals surface area contributed by atoms with Crippen molar-refractivity contribution in [1.29, 1.82) is 0 Å². The molecule has 1 N–H and O–H groups in total. The molecule has 0 bridgehead atoms. The molecule has 0 heterocycles. The molecule has 5 nitrogen and oxygen atoms in total. The summed E-state index contributed by atoms with van der Waals surface area (Å²) in [5.41, 5.74) is 1.77. The Kier molecular flexibility index (Phi) is 6.46. The van der Waals surface area contributed by atoms with Gasteiger partial charge in [0.1, 0.15) is 5.75 Å². The fraction of sp³-hybridized carbons (Fsp3) is 0.250. The Hall–Kier alpha value is -2.95. The summed E-state index contributed by atoms with van der Waals surface area (Å²) < 4.78 is 15.9. The summed E-state index contributed by atoms with van der Waals surface area (Å²) in [4.78, 5) is 12.2. The molecule has 0 radical (unpaired) electrons. The molecule has 1 amide bonds. The predicted octanol–water partition coefficient (Wildman–Crippen LogP) is 3.60. The van der Waals surface area contributed by atoms with Crippen molar-refractivity contribution in [2.24, 2.45) is 0 Å². The predicted molar refractivity (Wildman–Crippen MR) is 98.1 cm³/mol. The maximum atomic E-state index is 12.2. The van der Waals surface area contributed by atoms with E-state index in [4.69, 9.17) is 14.2 Å². The average molecular weight is 341 g/mol. The van der Waals surface area contributed by atoms with Gasteiger partial charge in [-0.15, -0.1) is 0 Å². The Balaban J connectivity index is 2.13. The molecular formula is C20H23NO4. The number of hydrogen-bond acceptors (Lipinski definition) is 4. The molecule has 0 fully saturated rings. The van der Waals surface area contributed by atoms with Gasteiger partial charge in [-0.3, -0.25) is 4.79 Å². The second-order valence-electron chi connectivity index (χ2n) is 5.42. The van der Waals surface area contributed by atoms with Crippen LogP contribution < -0.4 is 19.5 Å². The highest BCUT2D eigenvalue weighted by Gasteiger charge is 2.11. The van der Waals surface area contributed by atoms with E-state index in [0.717, 1.165) is 11.1 Å². The number of carbonyl (C=O) groups excluding carboxylic acids is 1. The second kappa shape index (κ2) is 8.78. The number of rotatable bonds is 7. The van der Waals surface area contributed by atoms with E-state index in [1.165, 1.54) is 6.08 Å². The van der Waals surface area contributed by atoms with Crippen molar-refractivity contribution < 1.29 is 19.0 Å². The molecule has 132 valence electrons. The molecule has 5 heteroatoms. The number of amides is 1. The van der Waals surface area contributed by atoms with Gasteiger partial charge < -0.3 is 19.5 Å². The van der Waals surface area contributed by atoms with Gasteiger partial charge in [0.15, 0.2) is 11.5 Å². The lowest BCUT2D eigenvalue weighted by Crippen LogP contribution is -2.24. The van der Waals surface area contributed by atoms with Crippen LogP contribution in [0, 0.1) is 0 Å². The molecule has 0 saturated heterocycles. The molecule has 0 aliphatic rings. The zero-order valence-corrected chi connectivity index (χ0v) is 14.9. The third kappa shape index (κ3) is 4.76. The van der Waals surface area contributed by atoms with Crippen LogP contribution in [-0.4, -0.2) is 27.2 Å². The minimum Gasteiger partial charge on any atom is -0.496 e. The summed E-state index contributed by atoms with van der Waals surface area (Å²) in [6, 6.07) is 13.2. The van der Waals surface area contributed by atoms with Crippen LogP contribution in [0.3, 0.4) is 0 Å². The molecule has 0 spiro atoms. The number of hydrogen-bond donors (Lipinski definition) is 1. The highest BCUT2D eigenvalue weighted by atomic mass is 16.5. The zero-order chi connectivity index (χ0) is 18.2. The lowest BCUT2D eigenvalue weighted by atomic mass is 10.1. The molecule has 0 saturated carbocycles. The van der Waals surface area contributed by atoms with E-state index < -0.39 is 0 Å². The van der Waals surface area contributed by atoms with Crippen molar-refractivity contribution in [1.82, 2.24) is 5.32 Å². The van der Waals surface area contributed by atoms with Gasteiger partial charge in [0, 0.05) is 17.7 Å². The maximum absolute atomic E-state index is 12.2. The normalized spacial score (nSPS) is 11.8. The number of ether oxygens (including phenoxy) is 3. The van der Waals surface area contributed by atoms with Gasteiger partial charge in [-0.1, -0.05) is 30.3 Å². The van der Waals surface area contributed by atoms with Crippen molar-refractivity contribution in [2.45, 2.75) is 13.0 Å². The number of benzene rings is 2. The first kappa shape index (κ1) is 18.4. The standard InChI is InChI=1S/C20H23NO4/c1-14(15-8-6-5-7-9-15)21-20(22)11-10-16-12-18(24-3)19(25-4)13-17(16)23-2/h5-14H,1-4H3,(H,21,22). The largest absolute Gasteiger partial charge is 0.496 e. The van der Waals surface area contributed by atoms with E-state index in [-0.39, 0.29) is 11.9 Å². The topological polar surface area (TPSA) is 56.8 Å². The highest BCUT2D eigenvalue weighted by Crippen LogP contribution is 2.35. The number of methoxy groups -OCH3 is 3. The third-order valence-corrected chi connectivity index (χ3v) is 3.81. The molecule has 0 aliphatic heterocycles. The lowest BCUT2D eigenvalue weighted by Gasteiger charge is -2.13. The van der Waals surface area contributed by atoms with Gasteiger partial charge in [-0.25, -0.2) is 0 Å². The fourth-order valence-corrected chi connectivity index (χ4v) is 2.44. The van der Waals surface area contributed by atoms with Crippen LogP contribution in [0.4, 0.5) is 0 Å². The summed E-state index contributed by atoms with van der Waals surface area (Å²) in [5, 5.41) is 2.93. The summed E-state index contributed by atoms with van der Waals surface area (Å²) in [6.07, 6.45) is 3.16. The Morgan fingerprint density at radius 1 is 0.960 bits per heavy atom. The SMILES string of the molecule is COc1cc(OC)c(OC)cc1C=CC(=O)NC(C)c1ccccc1. The van der Waals surface area contributed by atoms with Crippen molar-refractivity contribution in [3.8, 4) is 17.2 Å². The summed E-state index contributed by atoms with van der Waals surface area (Å²) in [6.45, 7) is 1.94. The Morgan fingerprint density at radius 2 is 1.56 bits per heavy atom. The Bertz CT molecular complexity index is 741. The van der Waals surface area contributed by atoms with Gasteiger partial charge in [0.25, 0.3) is 0 Å². The molecule has 1 unspecified atom stereocenters.